The van der Waals surface area contributed by atoms with Crippen molar-refractivity contribution in [3.63, 3.8) is 0 Å². The largest absolute Gasteiger partial charge is 0.463 e. The Bertz CT molecular complexity index is 881. The van der Waals surface area contributed by atoms with Crippen molar-refractivity contribution in [3.8, 4) is 11.8 Å². The van der Waals surface area contributed by atoms with E-state index in [0.717, 1.165) is 16.7 Å². The van der Waals surface area contributed by atoms with E-state index in [1.807, 2.05) is 19.9 Å². The first-order valence-electron chi connectivity index (χ1n) is 7.21. The van der Waals surface area contributed by atoms with Gasteiger partial charge in [0, 0.05) is 6.92 Å². The van der Waals surface area contributed by atoms with Crippen LogP contribution >= 0.6 is 0 Å². The molecule has 1 aromatic heterocycles. The number of carbonyl (C=O) groups is 1. The first-order valence-corrected chi connectivity index (χ1v) is 7.21. The van der Waals surface area contributed by atoms with Gasteiger partial charge in [0.2, 0.25) is 11.2 Å². The van der Waals surface area contributed by atoms with Crippen molar-refractivity contribution in [1.29, 1.82) is 0 Å². The van der Waals surface area contributed by atoms with Crippen LogP contribution in [0.3, 0.4) is 0 Å². The molecule has 3 nitrogen and oxygen atoms in total. The van der Waals surface area contributed by atoms with Gasteiger partial charge >= 0.3 is 0 Å². The van der Waals surface area contributed by atoms with Crippen LogP contribution in [0.5, 0.6) is 0 Å². The molecule has 0 fully saturated rings. The number of aryl methyl sites for hydroxylation is 1. The van der Waals surface area contributed by atoms with Crippen LogP contribution < -0.4 is 5.43 Å². The van der Waals surface area contributed by atoms with Gasteiger partial charge in [0.1, 0.15) is 17.4 Å². The molecule has 0 amide bonds. The van der Waals surface area contributed by atoms with Gasteiger partial charge in [0.25, 0.3) is 0 Å². The number of hydrogen-bond acceptors (Lipinski definition) is 3. The molecule has 0 spiro atoms. The third kappa shape index (κ3) is 2.82. The zero-order chi connectivity index (χ0) is 16.7. The van der Waals surface area contributed by atoms with Crippen LogP contribution in [0.25, 0.3) is 11.0 Å². The molecule has 22 heavy (non-hydrogen) atoms. The summed E-state index contributed by atoms with van der Waals surface area (Å²) < 4.78 is 5.61. The zero-order valence-electron chi connectivity index (χ0n) is 13.9. The van der Waals surface area contributed by atoms with Gasteiger partial charge in [-0.25, -0.2) is 0 Å². The summed E-state index contributed by atoms with van der Waals surface area (Å²) in [7, 11) is 0. The number of ketones is 1. The summed E-state index contributed by atoms with van der Waals surface area (Å²) in [6, 6.07) is 1.88. The number of Topliss-reactive ketones (excluding diaryl/α,β-unsaturated/α-hetero) is 1. The van der Waals surface area contributed by atoms with Crippen LogP contribution in [-0.4, -0.2) is 5.78 Å². The second-order valence-corrected chi connectivity index (χ2v) is 6.60. The van der Waals surface area contributed by atoms with Crippen LogP contribution in [-0.2, 0) is 10.2 Å². The minimum Gasteiger partial charge on any atom is -0.463 e. The monoisotopic (exact) mass is 296 g/mol. The second-order valence-electron chi connectivity index (χ2n) is 6.60. The summed E-state index contributed by atoms with van der Waals surface area (Å²) >= 11 is 0. The van der Waals surface area contributed by atoms with Crippen LogP contribution in [0.2, 0.25) is 0 Å². The molecule has 0 aliphatic heterocycles. The fourth-order valence-corrected chi connectivity index (χ4v) is 2.69. The summed E-state index contributed by atoms with van der Waals surface area (Å²) in [6.07, 6.45) is 1.34. The summed E-state index contributed by atoms with van der Waals surface area (Å²) in [5.74, 6) is 4.73. The lowest BCUT2D eigenvalue weighted by atomic mass is 9.80. The van der Waals surface area contributed by atoms with E-state index in [4.69, 9.17) is 4.42 Å². The Labute approximate surface area is 130 Å². The Morgan fingerprint density at radius 3 is 2.41 bits per heavy atom. The van der Waals surface area contributed by atoms with E-state index in [0.29, 0.717) is 11.0 Å². The highest BCUT2D eigenvalue weighted by Crippen LogP contribution is 2.33. The highest BCUT2D eigenvalue weighted by Gasteiger charge is 2.24. The highest BCUT2D eigenvalue weighted by atomic mass is 16.3. The fraction of sp³-hybridized carbons (Fsp3) is 0.368. The van der Waals surface area contributed by atoms with E-state index >= 15 is 0 Å². The number of carbonyl (C=O) groups excluding carboxylic acids is 1. The predicted octanol–water partition coefficient (Wildman–Crippen LogP) is 3.65. The molecule has 114 valence electrons. The van der Waals surface area contributed by atoms with E-state index in [1.165, 1.54) is 13.2 Å². The van der Waals surface area contributed by atoms with Crippen molar-refractivity contribution < 1.29 is 9.21 Å². The van der Waals surface area contributed by atoms with E-state index in [2.05, 4.69) is 32.6 Å². The molecule has 1 aromatic carbocycles. The van der Waals surface area contributed by atoms with Gasteiger partial charge in [-0.15, -0.1) is 0 Å². The summed E-state index contributed by atoms with van der Waals surface area (Å²) in [6.45, 7) is 11.6. The number of fused-ring (bicyclic) bond motifs is 1. The quantitative estimate of drug-likeness (QED) is 0.697. The van der Waals surface area contributed by atoms with Crippen LogP contribution in [0, 0.1) is 25.7 Å². The molecular formula is C19H20O3. The molecule has 2 rings (SSSR count). The molecule has 0 aliphatic rings. The Balaban J connectivity index is 2.96. The van der Waals surface area contributed by atoms with E-state index in [9.17, 15) is 9.59 Å². The lowest BCUT2D eigenvalue weighted by Crippen LogP contribution is -2.19. The van der Waals surface area contributed by atoms with Gasteiger partial charge in [0.05, 0.1) is 5.39 Å². The lowest BCUT2D eigenvalue weighted by Gasteiger charge is -2.24. The molecule has 0 aliphatic carbocycles. The topological polar surface area (TPSA) is 47.3 Å². The molecule has 0 saturated heterocycles. The Hall–Kier alpha value is -2.34. The molecule has 0 N–H and O–H groups in total. The fourth-order valence-electron chi connectivity index (χ4n) is 2.69. The molecule has 0 radical (unpaired) electrons. The Morgan fingerprint density at radius 2 is 1.86 bits per heavy atom. The van der Waals surface area contributed by atoms with Crippen LogP contribution in [0.4, 0.5) is 0 Å². The third-order valence-corrected chi connectivity index (χ3v) is 3.71. The number of benzene rings is 1. The van der Waals surface area contributed by atoms with E-state index in [1.54, 1.807) is 0 Å². The second kappa shape index (κ2) is 5.46. The van der Waals surface area contributed by atoms with Crippen LogP contribution in [0.15, 0.2) is 21.5 Å². The number of rotatable bonds is 0. The molecule has 0 atom stereocenters. The average molecular weight is 296 g/mol. The van der Waals surface area contributed by atoms with E-state index < -0.39 is 0 Å². The molecule has 0 saturated carbocycles. The van der Waals surface area contributed by atoms with Gasteiger partial charge in [-0.1, -0.05) is 26.7 Å². The maximum Gasteiger partial charge on any atom is 0.208 e. The van der Waals surface area contributed by atoms with Crippen molar-refractivity contribution in [1.82, 2.24) is 0 Å². The lowest BCUT2D eigenvalue weighted by molar-refractivity contribution is -0.111. The molecule has 0 unspecified atom stereocenters. The average Bonchev–Trinajstić information content (AvgIpc) is 2.38. The minimum atomic E-state index is -0.282. The minimum absolute atomic E-state index is 0.178. The van der Waals surface area contributed by atoms with Gasteiger partial charge in [0.15, 0.2) is 0 Å². The normalized spacial score (nSPS) is 11.2. The van der Waals surface area contributed by atoms with Crippen molar-refractivity contribution in [2.45, 2.75) is 47.0 Å². The summed E-state index contributed by atoms with van der Waals surface area (Å²) in [4.78, 5) is 23.8. The zero-order valence-corrected chi connectivity index (χ0v) is 13.9. The summed E-state index contributed by atoms with van der Waals surface area (Å²) in [5.41, 5.74) is 3.55. The standard InChI is InChI=1S/C19H20O3/c1-11-9-15-16(17(13(11)3)19(4,5)6)18(21)14(10-22-15)8-7-12(2)20/h9-10H,1-6H3. The molecule has 2 aromatic rings. The van der Waals surface area contributed by atoms with Gasteiger partial charge in [-0.3, -0.25) is 9.59 Å². The highest BCUT2D eigenvalue weighted by molar-refractivity contribution is 5.94. The predicted molar refractivity (Wildman–Crippen MR) is 88.2 cm³/mol. The number of hydrogen-bond donors (Lipinski definition) is 0. The Kier molecular flexibility index (Phi) is 3.98. The first-order chi connectivity index (χ1) is 10.1. The van der Waals surface area contributed by atoms with Crippen molar-refractivity contribution >= 4 is 16.8 Å². The first kappa shape index (κ1) is 16.0. The molecular weight excluding hydrogens is 276 g/mol. The summed E-state index contributed by atoms with van der Waals surface area (Å²) in [5, 5.41) is 0.561. The molecule has 1 heterocycles. The Morgan fingerprint density at radius 1 is 1.23 bits per heavy atom. The SMILES string of the molecule is CC(=O)C#Cc1coc2cc(C)c(C)c(C(C)(C)C)c2c1=O. The van der Waals surface area contributed by atoms with Crippen molar-refractivity contribution in [3.05, 3.63) is 44.8 Å². The van der Waals surface area contributed by atoms with Gasteiger partial charge < -0.3 is 4.42 Å². The molecule has 3 heteroatoms. The molecule has 0 bridgehead atoms. The third-order valence-electron chi connectivity index (χ3n) is 3.71. The van der Waals surface area contributed by atoms with Gasteiger partial charge in [-0.2, -0.15) is 0 Å². The smallest absolute Gasteiger partial charge is 0.208 e. The van der Waals surface area contributed by atoms with E-state index in [-0.39, 0.29) is 22.2 Å². The van der Waals surface area contributed by atoms with Crippen molar-refractivity contribution in [2.75, 3.05) is 0 Å². The maximum absolute atomic E-state index is 12.8. The van der Waals surface area contributed by atoms with Crippen LogP contribution in [0.1, 0.15) is 49.9 Å². The van der Waals surface area contributed by atoms with Gasteiger partial charge in [-0.05, 0) is 47.9 Å². The van der Waals surface area contributed by atoms with Crippen molar-refractivity contribution in [2.24, 2.45) is 0 Å². The maximum atomic E-state index is 12.8.